The third-order valence-corrected chi connectivity index (χ3v) is 8.00. The normalized spacial score (nSPS) is 14.3. The van der Waals surface area contributed by atoms with Crippen LogP contribution in [0.15, 0.2) is 35.2 Å². The molecular formula is C16H24Cl3O6PS. The van der Waals surface area contributed by atoms with Gasteiger partial charge in [-0.2, -0.15) is 8.42 Å². The Morgan fingerprint density at radius 3 is 1.89 bits per heavy atom. The minimum absolute atomic E-state index is 0.0475. The van der Waals surface area contributed by atoms with Crippen molar-refractivity contribution in [3.63, 3.8) is 0 Å². The molecule has 0 bridgehead atoms. The van der Waals surface area contributed by atoms with Crippen molar-refractivity contribution in [2.24, 2.45) is 0 Å². The lowest BCUT2D eigenvalue weighted by atomic mass is 10.4. The number of alkyl halides is 3. The van der Waals surface area contributed by atoms with E-state index in [1.165, 1.54) is 24.3 Å². The van der Waals surface area contributed by atoms with E-state index >= 15 is 0 Å². The van der Waals surface area contributed by atoms with Crippen LogP contribution in [0.5, 0.6) is 0 Å². The fraction of sp³-hybridized carbons (Fsp3) is 0.625. The summed E-state index contributed by atoms with van der Waals surface area (Å²) in [4.78, 5) is -0.169. The SMILES string of the molecule is CCCCOP(=O)(OCCCC)[C@@H](OS(=O)(=O)c1ccccc1)C(Cl)(Cl)Cl. The molecule has 6 nitrogen and oxygen atoms in total. The van der Waals surface area contributed by atoms with Gasteiger partial charge in [-0.1, -0.05) is 79.7 Å². The molecule has 27 heavy (non-hydrogen) atoms. The number of benzene rings is 1. The van der Waals surface area contributed by atoms with Gasteiger partial charge in [0.05, 0.1) is 18.1 Å². The molecule has 0 radical (unpaired) electrons. The van der Waals surface area contributed by atoms with Crippen LogP contribution in [0.1, 0.15) is 39.5 Å². The zero-order valence-corrected chi connectivity index (χ0v) is 19.1. The summed E-state index contributed by atoms with van der Waals surface area (Å²) in [7, 11) is -8.60. The Kier molecular flexibility index (Phi) is 10.6. The Hall–Kier alpha value is 0.150. The van der Waals surface area contributed by atoms with Crippen molar-refractivity contribution >= 4 is 52.5 Å². The first-order chi connectivity index (χ1) is 12.6. The fourth-order valence-electron chi connectivity index (χ4n) is 1.89. The van der Waals surface area contributed by atoms with Gasteiger partial charge in [-0.05, 0) is 25.0 Å². The average Bonchev–Trinajstić information content (AvgIpc) is 2.60. The summed E-state index contributed by atoms with van der Waals surface area (Å²) in [5.74, 6) is -1.95. The second kappa shape index (κ2) is 11.4. The standard InChI is InChI=1S/C16H24Cl3O6PS/c1-3-5-12-23-26(20,24-13-6-4-2)15(16(17,18)19)25-27(21,22)14-10-8-7-9-11-14/h7-11,15H,3-6,12-13H2,1-2H3/t15-/m1/s1. The van der Waals surface area contributed by atoms with Crippen LogP contribution in [-0.4, -0.2) is 31.3 Å². The molecule has 0 saturated carbocycles. The van der Waals surface area contributed by atoms with Gasteiger partial charge in [0.15, 0.2) is 0 Å². The van der Waals surface area contributed by atoms with E-state index < -0.39 is 27.4 Å². The van der Waals surface area contributed by atoms with Crippen molar-refractivity contribution in [3.05, 3.63) is 30.3 Å². The molecule has 1 rings (SSSR count). The lowest BCUT2D eigenvalue weighted by molar-refractivity contribution is 0.153. The smallest absolute Gasteiger partial charge is 0.307 e. The number of rotatable bonds is 12. The summed E-state index contributed by atoms with van der Waals surface area (Å²) in [6.07, 6.45) is 2.66. The fourth-order valence-corrected chi connectivity index (χ4v) is 6.48. The van der Waals surface area contributed by atoms with Crippen LogP contribution in [0.3, 0.4) is 0 Å². The number of halogens is 3. The molecule has 0 aliphatic carbocycles. The Bertz CT molecular complexity index is 695. The molecule has 0 spiro atoms. The molecule has 0 fully saturated rings. The predicted octanol–water partition coefficient (Wildman–Crippen LogP) is 5.91. The second-order valence-electron chi connectivity index (χ2n) is 5.67. The highest BCUT2D eigenvalue weighted by atomic mass is 35.6. The summed E-state index contributed by atoms with van der Waals surface area (Å²) in [5.41, 5.74) is 0. The van der Waals surface area contributed by atoms with E-state index in [4.69, 9.17) is 48.0 Å². The van der Waals surface area contributed by atoms with Gasteiger partial charge in [0.1, 0.15) is 0 Å². The molecular weight excluding hydrogens is 458 g/mol. The molecule has 0 heterocycles. The van der Waals surface area contributed by atoms with Gasteiger partial charge in [-0.25, -0.2) is 4.18 Å². The van der Waals surface area contributed by atoms with Gasteiger partial charge < -0.3 is 9.05 Å². The minimum atomic E-state index is -4.37. The van der Waals surface area contributed by atoms with Crippen LogP contribution in [0.4, 0.5) is 0 Å². The second-order valence-corrected chi connectivity index (χ2v) is 11.7. The Morgan fingerprint density at radius 2 is 1.48 bits per heavy atom. The molecule has 0 aliphatic heterocycles. The van der Waals surface area contributed by atoms with E-state index in [0.29, 0.717) is 12.8 Å². The van der Waals surface area contributed by atoms with E-state index in [-0.39, 0.29) is 18.1 Å². The van der Waals surface area contributed by atoms with Crippen LogP contribution >= 0.6 is 42.4 Å². The number of hydrogen-bond acceptors (Lipinski definition) is 6. The largest absolute Gasteiger partial charge is 0.365 e. The van der Waals surface area contributed by atoms with Gasteiger partial charge in [0.25, 0.3) is 10.1 Å². The van der Waals surface area contributed by atoms with Crippen LogP contribution in [-0.2, 0) is 27.9 Å². The maximum Gasteiger partial charge on any atom is 0.365 e. The number of unbranched alkanes of at least 4 members (excludes halogenated alkanes) is 2. The van der Waals surface area contributed by atoms with Crippen molar-refractivity contribution in [2.75, 3.05) is 13.2 Å². The van der Waals surface area contributed by atoms with Crippen LogP contribution < -0.4 is 0 Å². The summed E-state index contributed by atoms with van der Waals surface area (Å²) in [5, 5.41) is 0. The molecule has 0 aliphatic rings. The number of hydrogen-bond donors (Lipinski definition) is 0. The molecule has 156 valence electrons. The van der Waals surface area contributed by atoms with Gasteiger partial charge in [0, 0.05) is 0 Å². The third-order valence-electron chi connectivity index (χ3n) is 3.36. The van der Waals surface area contributed by atoms with Crippen molar-refractivity contribution < 1.29 is 26.2 Å². The maximum atomic E-state index is 13.3. The lowest BCUT2D eigenvalue weighted by Gasteiger charge is -2.30. The Labute approximate surface area is 176 Å². The quantitative estimate of drug-likeness (QED) is 0.160. The predicted molar refractivity (Wildman–Crippen MR) is 108 cm³/mol. The van der Waals surface area contributed by atoms with Gasteiger partial charge in [-0.3, -0.25) is 4.57 Å². The Balaban J connectivity index is 3.20. The lowest BCUT2D eigenvalue weighted by Crippen LogP contribution is -2.33. The molecule has 1 aromatic carbocycles. The molecule has 1 atom stereocenters. The first-order valence-corrected chi connectivity index (χ1v) is 12.7. The van der Waals surface area contributed by atoms with Crippen LogP contribution in [0, 0.1) is 0 Å². The summed E-state index contributed by atoms with van der Waals surface area (Å²) < 4.78 is 51.9. The third kappa shape index (κ3) is 8.19. The van der Waals surface area contributed by atoms with Crippen molar-refractivity contribution in [1.29, 1.82) is 0 Å². The molecule has 0 N–H and O–H groups in total. The van der Waals surface area contributed by atoms with Crippen LogP contribution in [0.25, 0.3) is 0 Å². The maximum absolute atomic E-state index is 13.3. The molecule has 0 unspecified atom stereocenters. The van der Waals surface area contributed by atoms with Crippen molar-refractivity contribution in [3.8, 4) is 0 Å². The topological polar surface area (TPSA) is 78.9 Å². The van der Waals surface area contributed by atoms with E-state index in [2.05, 4.69) is 0 Å². The average molecular weight is 482 g/mol. The monoisotopic (exact) mass is 480 g/mol. The summed E-state index contributed by atoms with van der Waals surface area (Å²) in [6.45, 7) is 3.92. The van der Waals surface area contributed by atoms with E-state index in [9.17, 15) is 13.0 Å². The van der Waals surface area contributed by atoms with Crippen molar-refractivity contribution in [1.82, 2.24) is 0 Å². The van der Waals surface area contributed by atoms with Gasteiger partial charge in [0.2, 0.25) is 9.64 Å². The zero-order chi connectivity index (χ0) is 20.6. The Morgan fingerprint density at radius 1 is 1.00 bits per heavy atom. The highest BCUT2D eigenvalue weighted by Crippen LogP contribution is 2.61. The molecule has 0 aromatic heterocycles. The molecule has 0 saturated heterocycles. The summed E-state index contributed by atoms with van der Waals surface area (Å²) in [6, 6.07) is 7.28. The molecule has 11 heteroatoms. The van der Waals surface area contributed by atoms with E-state index in [1.807, 2.05) is 13.8 Å². The van der Waals surface area contributed by atoms with Crippen molar-refractivity contribution in [2.45, 2.75) is 54.1 Å². The molecule has 0 amide bonds. The van der Waals surface area contributed by atoms with E-state index in [0.717, 1.165) is 12.8 Å². The first kappa shape index (κ1) is 25.2. The highest BCUT2D eigenvalue weighted by Gasteiger charge is 2.52. The zero-order valence-electron chi connectivity index (χ0n) is 15.1. The van der Waals surface area contributed by atoms with Crippen LogP contribution in [0.2, 0.25) is 0 Å². The minimum Gasteiger partial charge on any atom is -0.307 e. The van der Waals surface area contributed by atoms with Gasteiger partial charge in [-0.15, -0.1) is 0 Å². The van der Waals surface area contributed by atoms with Gasteiger partial charge >= 0.3 is 7.60 Å². The highest BCUT2D eigenvalue weighted by molar-refractivity contribution is 7.87. The molecule has 1 aromatic rings. The first-order valence-electron chi connectivity index (χ1n) is 8.50. The van der Waals surface area contributed by atoms with E-state index in [1.54, 1.807) is 6.07 Å². The summed E-state index contributed by atoms with van der Waals surface area (Å²) >= 11 is 17.7.